The maximum atomic E-state index is 13.5. The van der Waals surface area contributed by atoms with Crippen LogP contribution in [0.4, 0.5) is 0 Å². The van der Waals surface area contributed by atoms with Gasteiger partial charge in [0.1, 0.15) is 0 Å². The Kier molecular flexibility index (Phi) is 7.12. The van der Waals surface area contributed by atoms with Crippen LogP contribution in [-0.2, 0) is 17.8 Å². The van der Waals surface area contributed by atoms with Crippen LogP contribution in [0.3, 0.4) is 0 Å². The molecule has 34 heavy (non-hydrogen) atoms. The molecule has 1 amide bonds. The Balaban J connectivity index is 1.83. The van der Waals surface area contributed by atoms with Gasteiger partial charge < -0.3 is 14.6 Å². The number of rotatable bonds is 8. The summed E-state index contributed by atoms with van der Waals surface area (Å²) in [5.41, 5.74) is 5.10. The van der Waals surface area contributed by atoms with Crippen molar-refractivity contribution in [1.82, 2.24) is 9.88 Å². The summed E-state index contributed by atoms with van der Waals surface area (Å²) in [4.78, 5) is 26.0. The number of hydrogen-bond acceptors (Lipinski definition) is 3. The van der Waals surface area contributed by atoms with Gasteiger partial charge in [-0.3, -0.25) is 4.79 Å². The van der Waals surface area contributed by atoms with Crippen molar-refractivity contribution in [3.8, 4) is 0 Å². The predicted octanol–water partition coefficient (Wildman–Crippen LogP) is 5.92. The van der Waals surface area contributed by atoms with E-state index < -0.39 is 0 Å². The summed E-state index contributed by atoms with van der Waals surface area (Å²) in [6.07, 6.45) is 0. The molecule has 0 aliphatic carbocycles. The summed E-state index contributed by atoms with van der Waals surface area (Å²) in [5.74, 6) is -0.383. The Morgan fingerprint density at radius 1 is 0.912 bits per heavy atom. The third-order valence-corrected chi connectivity index (χ3v) is 5.87. The summed E-state index contributed by atoms with van der Waals surface area (Å²) in [6, 6.07) is 25.5. The lowest BCUT2D eigenvalue weighted by Gasteiger charge is -2.16. The third-order valence-electron chi connectivity index (χ3n) is 5.87. The Morgan fingerprint density at radius 3 is 2.18 bits per heavy atom. The van der Waals surface area contributed by atoms with Gasteiger partial charge >= 0.3 is 5.97 Å². The maximum absolute atomic E-state index is 13.5. The Morgan fingerprint density at radius 2 is 1.56 bits per heavy atom. The molecule has 0 saturated carbocycles. The fraction of sp³-hybridized carbons (Fsp3) is 0.241. The molecular formula is C29H30N2O3. The topological polar surface area (TPSA) is 60.3 Å². The SMILES string of the molecule is CCOC(=O)c1ccc2c(C(=O)NCc3ccccc3)c(C(C)C)n(Cc3ccccc3)c2c1. The van der Waals surface area contributed by atoms with Gasteiger partial charge in [0.15, 0.2) is 0 Å². The minimum atomic E-state index is -0.363. The molecule has 1 heterocycles. The fourth-order valence-electron chi connectivity index (χ4n) is 4.35. The van der Waals surface area contributed by atoms with Gasteiger partial charge in [0.25, 0.3) is 5.91 Å². The summed E-state index contributed by atoms with van der Waals surface area (Å²) in [7, 11) is 0. The Labute approximate surface area is 200 Å². The molecule has 174 valence electrons. The van der Waals surface area contributed by atoms with E-state index in [9.17, 15) is 9.59 Å². The molecule has 4 aromatic rings. The van der Waals surface area contributed by atoms with Gasteiger partial charge in [-0.25, -0.2) is 4.79 Å². The van der Waals surface area contributed by atoms with Crippen LogP contribution in [0.2, 0.25) is 0 Å². The number of benzene rings is 3. The molecule has 4 rings (SSSR count). The summed E-state index contributed by atoms with van der Waals surface area (Å²) < 4.78 is 7.39. The van der Waals surface area contributed by atoms with E-state index in [2.05, 4.69) is 35.9 Å². The first kappa shape index (κ1) is 23.3. The number of nitrogens with one attached hydrogen (secondary N) is 1. The zero-order chi connectivity index (χ0) is 24.1. The van der Waals surface area contributed by atoms with Crippen molar-refractivity contribution in [2.45, 2.75) is 39.8 Å². The second kappa shape index (κ2) is 10.4. The molecule has 3 aromatic carbocycles. The minimum Gasteiger partial charge on any atom is -0.462 e. The van der Waals surface area contributed by atoms with Gasteiger partial charge in [0.2, 0.25) is 0 Å². The average molecular weight is 455 g/mol. The molecule has 5 nitrogen and oxygen atoms in total. The van der Waals surface area contributed by atoms with E-state index in [4.69, 9.17) is 4.74 Å². The second-order valence-electron chi connectivity index (χ2n) is 8.61. The number of hydrogen-bond donors (Lipinski definition) is 1. The smallest absolute Gasteiger partial charge is 0.338 e. The molecule has 0 fully saturated rings. The van der Waals surface area contributed by atoms with Crippen molar-refractivity contribution >= 4 is 22.8 Å². The van der Waals surface area contributed by atoms with E-state index in [1.165, 1.54) is 0 Å². The first-order valence-electron chi connectivity index (χ1n) is 11.7. The van der Waals surface area contributed by atoms with Crippen molar-refractivity contribution in [1.29, 1.82) is 0 Å². The van der Waals surface area contributed by atoms with Crippen molar-refractivity contribution in [2.75, 3.05) is 6.61 Å². The van der Waals surface area contributed by atoms with Gasteiger partial charge in [-0.15, -0.1) is 0 Å². The first-order chi connectivity index (χ1) is 16.5. The number of carbonyl (C=O) groups excluding carboxylic acids is 2. The molecule has 0 aliphatic heterocycles. The van der Waals surface area contributed by atoms with Crippen molar-refractivity contribution in [3.63, 3.8) is 0 Å². The van der Waals surface area contributed by atoms with Crippen LogP contribution in [0.25, 0.3) is 10.9 Å². The van der Waals surface area contributed by atoms with Gasteiger partial charge in [0.05, 0.1) is 23.3 Å². The lowest BCUT2D eigenvalue weighted by Crippen LogP contribution is -2.24. The number of amides is 1. The van der Waals surface area contributed by atoms with Crippen molar-refractivity contribution in [2.24, 2.45) is 0 Å². The molecule has 5 heteroatoms. The number of carbonyl (C=O) groups is 2. The van der Waals surface area contributed by atoms with E-state index in [1.807, 2.05) is 60.7 Å². The van der Waals surface area contributed by atoms with E-state index in [1.54, 1.807) is 13.0 Å². The highest BCUT2D eigenvalue weighted by molar-refractivity contribution is 6.10. The van der Waals surface area contributed by atoms with Crippen LogP contribution in [0.5, 0.6) is 0 Å². The highest BCUT2D eigenvalue weighted by Gasteiger charge is 2.25. The predicted molar refractivity (Wildman–Crippen MR) is 135 cm³/mol. The summed E-state index contributed by atoms with van der Waals surface area (Å²) in [5, 5.41) is 3.93. The molecular weight excluding hydrogens is 424 g/mol. The lowest BCUT2D eigenvalue weighted by molar-refractivity contribution is 0.0526. The van der Waals surface area contributed by atoms with Crippen LogP contribution in [-0.4, -0.2) is 23.1 Å². The van der Waals surface area contributed by atoms with Gasteiger partial charge in [-0.1, -0.05) is 80.6 Å². The number of fused-ring (bicyclic) bond motifs is 1. The largest absolute Gasteiger partial charge is 0.462 e. The van der Waals surface area contributed by atoms with E-state index in [-0.39, 0.29) is 17.8 Å². The zero-order valence-corrected chi connectivity index (χ0v) is 19.9. The van der Waals surface area contributed by atoms with Gasteiger partial charge in [0, 0.05) is 24.2 Å². The van der Waals surface area contributed by atoms with Crippen LogP contribution in [0, 0.1) is 0 Å². The Bertz CT molecular complexity index is 1290. The van der Waals surface area contributed by atoms with Crippen molar-refractivity contribution < 1.29 is 14.3 Å². The number of esters is 1. The molecule has 0 radical (unpaired) electrons. The normalized spacial score (nSPS) is 11.1. The summed E-state index contributed by atoms with van der Waals surface area (Å²) >= 11 is 0. The van der Waals surface area contributed by atoms with Gasteiger partial charge in [-0.2, -0.15) is 0 Å². The van der Waals surface area contributed by atoms with E-state index in [0.717, 1.165) is 27.7 Å². The monoisotopic (exact) mass is 454 g/mol. The molecule has 1 aromatic heterocycles. The number of ether oxygens (including phenoxy) is 1. The molecule has 0 unspecified atom stereocenters. The average Bonchev–Trinajstić information content (AvgIpc) is 3.17. The highest BCUT2D eigenvalue weighted by atomic mass is 16.5. The number of nitrogens with zero attached hydrogens (tertiary/aromatic N) is 1. The third kappa shape index (κ3) is 4.88. The molecule has 0 saturated heterocycles. The first-order valence-corrected chi connectivity index (χ1v) is 11.7. The van der Waals surface area contributed by atoms with Crippen molar-refractivity contribution in [3.05, 3.63) is 107 Å². The molecule has 0 aliphatic rings. The standard InChI is InChI=1S/C29H30N2O3/c1-4-34-29(33)23-15-16-24-25(17-23)31(19-22-13-9-6-10-14-22)27(20(2)3)26(24)28(32)30-18-21-11-7-5-8-12-21/h5-17,20H,4,18-19H2,1-3H3,(H,30,32). The molecule has 0 bridgehead atoms. The van der Waals surface area contributed by atoms with Crippen LogP contribution < -0.4 is 5.32 Å². The second-order valence-corrected chi connectivity index (χ2v) is 8.61. The lowest BCUT2D eigenvalue weighted by atomic mass is 10.0. The molecule has 0 spiro atoms. The number of aromatic nitrogens is 1. The zero-order valence-electron chi connectivity index (χ0n) is 19.9. The Hall–Kier alpha value is -3.86. The molecule has 0 atom stereocenters. The van der Waals surface area contributed by atoms with E-state index >= 15 is 0 Å². The summed E-state index contributed by atoms with van der Waals surface area (Å²) in [6.45, 7) is 7.34. The van der Waals surface area contributed by atoms with Crippen LogP contribution >= 0.6 is 0 Å². The maximum Gasteiger partial charge on any atom is 0.338 e. The minimum absolute atomic E-state index is 0.0969. The fourth-order valence-corrected chi connectivity index (χ4v) is 4.35. The quantitative estimate of drug-likeness (QED) is 0.336. The van der Waals surface area contributed by atoms with Crippen LogP contribution in [0.1, 0.15) is 64.2 Å². The highest BCUT2D eigenvalue weighted by Crippen LogP contribution is 2.33. The molecule has 1 N–H and O–H groups in total. The van der Waals surface area contributed by atoms with Gasteiger partial charge in [-0.05, 0) is 36.1 Å². The van der Waals surface area contributed by atoms with E-state index in [0.29, 0.717) is 30.8 Å². The van der Waals surface area contributed by atoms with Crippen LogP contribution in [0.15, 0.2) is 78.9 Å².